The Bertz CT molecular complexity index is 861. The molecule has 0 bridgehead atoms. The van der Waals surface area contributed by atoms with Crippen molar-refractivity contribution in [1.82, 2.24) is 0 Å². The highest BCUT2D eigenvalue weighted by Gasteiger charge is 2.30. The normalized spacial score (nSPS) is 14.3. The second-order valence-electron chi connectivity index (χ2n) is 6.11. The average Bonchev–Trinajstić information content (AvgIpc) is 2.59. The standard InChI is InChI=1S/C19H16F3NO3/c20-19(21,22)15-3-1-2-13(10-15)14-5-4-12-6-7-17(24)23(16(12)11-14)9-8-18(25)26/h1-5,10-11H,6-9H2,(H,25,26). The molecule has 0 saturated heterocycles. The second-order valence-corrected chi connectivity index (χ2v) is 6.11. The van der Waals surface area contributed by atoms with Gasteiger partial charge in [-0.2, -0.15) is 13.2 Å². The van der Waals surface area contributed by atoms with E-state index < -0.39 is 17.7 Å². The zero-order valence-corrected chi connectivity index (χ0v) is 13.7. The van der Waals surface area contributed by atoms with Gasteiger partial charge in [-0.25, -0.2) is 0 Å². The first-order valence-electron chi connectivity index (χ1n) is 8.08. The van der Waals surface area contributed by atoms with Gasteiger partial charge in [-0.1, -0.05) is 24.3 Å². The molecule has 1 aliphatic heterocycles. The fourth-order valence-electron chi connectivity index (χ4n) is 3.04. The lowest BCUT2D eigenvalue weighted by Gasteiger charge is -2.29. The van der Waals surface area contributed by atoms with E-state index in [1.54, 1.807) is 24.3 Å². The van der Waals surface area contributed by atoms with Crippen LogP contribution in [0.4, 0.5) is 18.9 Å². The minimum Gasteiger partial charge on any atom is -0.481 e. The van der Waals surface area contributed by atoms with Gasteiger partial charge in [0, 0.05) is 18.7 Å². The lowest BCUT2D eigenvalue weighted by Crippen LogP contribution is -2.36. The summed E-state index contributed by atoms with van der Waals surface area (Å²) >= 11 is 0. The molecule has 0 spiro atoms. The second kappa shape index (κ2) is 6.82. The SMILES string of the molecule is O=C(O)CCN1C(=O)CCc2ccc(-c3cccc(C(F)(F)F)c3)cc21. The van der Waals surface area contributed by atoms with Crippen molar-refractivity contribution in [1.29, 1.82) is 0 Å². The van der Waals surface area contributed by atoms with E-state index in [0.717, 1.165) is 17.7 Å². The van der Waals surface area contributed by atoms with Gasteiger partial charge in [-0.15, -0.1) is 0 Å². The average molecular weight is 363 g/mol. The largest absolute Gasteiger partial charge is 0.481 e. The number of halogens is 3. The number of alkyl halides is 3. The molecule has 2 aromatic carbocycles. The molecule has 3 rings (SSSR count). The molecule has 0 aliphatic carbocycles. The van der Waals surface area contributed by atoms with E-state index in [-0.39, 0.29) is 25.3 Å². The maximum atomic E-state index is 12.9. The molecule has 1 N–H and O–H groups in total. The molecule has 26 heavy (non-hydrogen) atoms. The van der Waals surface area contributed by atoms with Crippen molar-refractivity contribution >= 4 is 17.6 Å². The Morgan fingerprint density at radius 1 is 1.08 bits per heavy atom. The van der Waals surface area contributed by atoms with Crippen LogP contribution in [0.3, 0.4) is 0 Å². The molecular formula is C19H16F3NO3. The minimum atomic E-state index is -4.44. The van der Waals surface area contributed by atoms with Crippen LogP contribution >= 0.6 is 0 Å². The van der Waals surface area contributed by atoms with E-state index in [1.165, 1.54) is 11.0 Å². The molecule has 1 aliphatic rings. The number of nitrogens with zero attached hydrogens (tertiary/aromatic N) is 1. The number of aliphatic carboxylic acids is 1. The molecule has 0 aromatic heterocycles. The number of anilines is 1. The van der Waals surface area contributed by atoms with Crippen LogP contribution in [0.2, 0.25) is 0 Å². The molecule has 7 heteroatoms. The highest BCUT2D eigenvalue weighted by Crippen LogP contribution is 2.35. The smallest absolute Gasteiger partial charge is 0.416 e. The highest BCUT2D eigenvalue weighted by atomic mass is 19.4. The summed E-state index contributed by atoms with van der Waals surface area (Å²) in [5, 5.41) is 8.87. The Morgan fingerprint density at radius 3 is 2.50 bits per heavy atom. The molecule has 0 atom stereocenters. The molecule has 4 nitrogen and oxygen atoms in total. The van der Waals surface area contributed by atoms with Gasteiger partial charge in [0.05, 0.1) is 12.0 Å². The summed E-state index contributed by atoms with van der Waals surface area (Å²) in [6.07, 6.45) is -3.82. The summed E-state index contributed by atoms with van der Waals surface area (Å²) in [6, 6.07) is 10.1. The topological polar surface area (TPSA) is 57.6 Å². The molecular weight excluding hydrogens is 347 g/mol. The van der Waals surface area contributed by atoms with Crippen molar-refractivity contribution < 1.29 is 27.9 Å². The lowest BCUT2D eigenvalue weighted by molar-refractivity contribution is -0.138. The number of rotatable bonds is 4. The first-order chi connectivity index (χ1) is 12.3. The number of hydrogen-bond acceptors (Lipinski definition) is 2. The molecule has 0 fully saturated rings. The number of carbonyl (C=O) groups excluding carboxylic acids is 1. The monoisotopic (exact) mass is 363 g/mol. The number of carbonyl (C=O) groups is 2. The zero-order valence-electron chi connectivity index (χ0n) is 13.7. The lowest BCUT2D eigenvalue weighted by atomic mass is 9.95. The van der Waals surface area contributed by atoms with Crippen molar-refractivity contribution in [2.24, 2.45) is 0 Å². The van der Waals surface area contributed by atoms with E-state index >= 15 is 0 Å². The number of amides is 1. The van der Waals surface area contributed by atoms with Crippen molar-refractivity contribution in [2.45, 2.75) is 25.4 Å². The number of aryl methyl sites for hydroxylation is 1. The minimum absolute atomic E-state index is 0.0349. The summed E-state index contributed by atoms with van der Waals surface area (Å²) in [6.45, 7) is 0.0349. The van der Waals surface area contributed by atoms with Crippen LogP contribution in [0.25, 0.3) is 11.1 Å². The van der Waals surface area contributed by atoms with Crippen LogP contribution in [0.5, 0.6) is 0 Å². The summed E-state index contributed by atoms with van der Waals surface area (Å²) in [7, 11) is 0. The number of carboxylic acids is 1. The zero-order chi connectivity index (χ0) is 18.9. The fourth-order valence-corrected chi connectivity index (χ4v) is 3.04. The Balaban J connectivity index is 1.99. The molecule has 2 aromatic rings. The fraction of sp³-hybridized carbons (Fsp3) is 0.263. The van der Waals surface area contributed by atoms with Crippen molar-refractivity contribution in [3.05, 3.63) is 53.6 Å². The van der Waals surface area contributed by atoms with Gasteiger partial charge in [-0.3, -0.25) is 9.59 Å². The number of hydrogen-bond donors (Lipinski definition) is 1. The molecule has 0 radical (unpaired) electrons. The van der Waals surface area contributed by atoms with Crippen molar-refractivity contribution in [3.8, 4) is 11.1 Å². The highest BCUT2D eigenvalue weighted by molar-refractivity contribution is 5.97. The third-order valence-corrected chi connectivity index (χ3v) is 4.36. The van der Waals surface area contributed by atoms with Gasteiger partial charge in [0.2, 0.25) is 5.91 Å². The van der Waals surface area contributed by atoms with Crippen molar-refractivity contribution in [3.63, 3.8) is 0 Å². The maximum absolute atomic E-state index is 12.9. The van der Waals surface area contributed by atoms with Gasteiger partial charge >= 0.3 is 12.1 Å². The summed E-state index contributed by atoms with van der Waals surface area (Å²) in [4.78, 5) is 24.4. The summed E-state index contributed by atoms with van der Waals surface area (Å²) in [5.41, 5.74) is 1.64. The Labute approximate surface area is 147 Å². The van der Waals surface area contributed by atoms with Crippen LogP contribution in [0.1, 0.15) is 24.0 Å². The first kappa shape index (κ1) is 18.0. The predicted molar refractivity (Wildman–Crippen MR) is 89.8 cm³/mol. The Hall–Kier alpha value is -2.83. The third kappa shape index (κ3) is 3.71. The van der Waals surface area contributed by atoms with E-state index in [2.05, 4.69) is 0 Å². The predicted octanol–water partition coefficient (Wildman–Crippen LogP) is 4.13. The Kier molecular flexibility index (Phi) is 4.71. The van der Waals surface area contributed by atoms with E-state index in [4.69, 9.17) is 5.11 Å². The van der Waals surface area contributed by atoms with E-state index in [9.17, 15) is 22.8 Å². The summed E-state index contributed by atoms with van der Waals surface area (Å²) < 4.78 is 38.8. The molecule has 0 saturated carbocycles. The molecule has 1 amide bonds. The van der Waals surface area contributed by atoms with Gasteiger partial charge < -0.3 is 10.0 Å². The van der Waals surface area contributed by atoms with Gasteiger partial charge in [0.1, 0.15) is 0 Å². The summed E-state index contributed by atoms with van der Waals surface area (Å²) in [5.74, 6) is -1.20. The number of carboxylic acid groups (broad SMARTS) is 1. The van der Waals surface area contributed by atoms with Crippen LogP contribution in [-0.2, 0) is 22.2 Å². The first-order valence-corrected chi connectivity index (χ1v) is 8.08. The van der Waals surface area contributed by atoms with Gasteiger partial charge in [0.15, 0.2) is 0 Å². The van der Waals surface area contributed by atoms with E-state index in [0.29, 0.717) is 23.2 Å². The Morgan fingerprint density at radius 2 is 1.81 bits per heavy atom. The van der Waals surface area contributed by atoms with Crippen LogP contribution in [0.15, 0.2) is 42.5 Å². The number of fused-ring (bicyclic) bond motifs is 1. The van der Waals surface area contributed by atoms with Gasteiger partial charge in [0.25, 0.3) is 0 Å². The maximum Gasteiger partial charge on any atom is 0.416 e. The quantitative estimate of drug-likeness (QED) is 0.889. The number of benzene rings is 2. The van der Waals surface area contributed by atoms with E-state index in [1.807, 2.05) is 0 Å². The van der Waals surface area contributed by atoms with Crippen molar-refractivity contribution in [2.75, 3.05) is 11.4 Å². The third-order valence-electron chi connectivity index (χ3n) is 4.36. The van der Waals surface area contributed by atoms with Crippen LogP contribution < -0.4 is 4.90 Å². The molecule has 1 heterocycles. The molecule has 0 unspecified atom stereocenters. The van der Waals surface area contributed by atoms with Crippen LogP contribution in [0, 0.1) is 0 Å². The molecule has 136 valence electrons. The van der Waals surface area contributed by atoms with Crippen LogP contribution in [-0.4, -0.2) is 23.5 Å². The van der Waals surface area contributed by atoms with Gasteiger partial charge in [-0.05, 0) is 41.3 Å².